The molecule has 0 aliphatic heterocycles. The number of esters is 1. The van der Waals surface area contributed by atoms with E-state index in [-0.39, 0.29) is 19.4 Å². The molecule has 0 aliphatic rings. The van der Waals surface area contributed by atoms with Crippen molar-refractivity contribution >= 4 is 24.1 Å². The van der Waals surface area contributed by atoms with E-state index in [1.165, 1.54) is 6.92 Å². The quantitative estimate of drug-likeness (QED) is 0.359. The highest BCUT2D eigenvalue weighted by molar-refractivity contribution is 5.95. The lowest BCUT2D eigenvalue weighted by molar-refractivity contribution is -0.203. The number of carbonyl (C=O) groups is 4. The molecular weight excluding hydrogens is 360 g/mol. The number of carboxylic acid groups (broad SMARTS) is 2. The standard InChI is InChI=1S/C18H30O9/c1-5-8-10-17(11-9-6-2,15(23)27-16(24)26-7-3)18(25-4,14(21)22)12-13(19)20/h5-12H2,1-4H3,(H,19,20)(H,21,22). The van der Waals surface area contributed by atoms with Crippen molar-refractivity contribution in [2.24, 2.45) is 5.41 Å². The van der Waals surface area contributed by atoms with Gasteiger partial charge in [-0.3, -0.25) is 9.59 Å². The summed E-state index contributed by atoms with van der Waals surface area (Å²) in [6, 6.07) is 0. The normalized spacial score (nSPS) is 13.5. The summed E-state index contributed by atoms with van der Waals surface area (Å²) in [4.78, 5) is 48.3. The topological polar surface area (TPSA) is 136 Å². The van der Waals surface area contributed by atoms with Crippen molar-refractivity contribution < 1.29 is 43.6 Å². The van der Waals surface area contributed by atoms with Gasteiger partial charge in [-0.2, -0.15) is 0 Å². The molecule has 0 fully saturated rings. The number of aliphatic carboxylic acids is 2. The van der Waals surface area contributed by atoms with Crippen molar-refractivity contribution in [3.63, 3.8) is 0 Å². The van der Waals surface area contributed by atoms with Gasteiger partial charge in [0.1, 0.15) is 5.41 Å². The van der Waals surface area contributed by atoms with Crippen LogP contribution in [0.5, 0.6) is 0 Å². The van der Waals surface area contributed by atoms with Crippen molar-refractivity contribution in [3.8, 4) is 0 Å². The first-order valence-electron chi connectivity index (χ1n) is 9.06. The third-order valence-electron chi connectivity index (χ3n) is 4.61. The smallest absolute Gasteiger partial charge is 0.481 e. The molecule has 1 atom stereocenters. The predicted octanol–water partition coefficient (Wildman–Crippen LogP) is 3.00. The summed E-state index contributed by atoms with van der Waals surface area (Å²) in [6.07, 6.45) is -0.154. The average Bonchev–Trinajstić information content (AvgIpc) is 2.59. The van der Waals surface area contributed by atoms with Crippen molar-refractivity contribution in [2.45, 2.75) is 71.3 Å². The maximum Gasteiger partial charge on any atom is 0.516 e. The third kappa shape index (κ3) is 5.92. The Balaban J connectivity index is 6.42. The summed E-state index contributed by atoms with van der Waals surface area (Å²) in [5.41, 5.74) is -4.24. The Morgan fingerprint density at radius 2 is 1.44 bits per heavy atom. The van der Waals surface area contributed by atoms with Gasteiger partial charge in [0, 0.05) is 7.11 Å². The number of unbranched alkanes of at least 4 members (excludes halogenated alkanes) is 2. The summed E-state index contributed by atoms with van der Waals surface area (Å²) in [5.74, 6) is -4.19. The Labute approximate surface area is 159 Å². The number of carboxylic acids is 2. The van der Waals surface area contributed by atoms with Crippen molar-refractivity contribution in [1.82, 2.24) is 0 Å². The molecule has 9 heteroatoms. The first-order valence-corrected chi connectivity index (χ1v) is 9.06. The van der Waals surface area contributed by atoms with Crippen molar-refractivity contribution in [2.75, 3.05) is 13.7 Å². The fourth-order valence-corrected chi connectivity index (χ4v) is 3.19. The molecule has 2 N–H and O–H groups in total. The highest BCUT2D eigenvalue weighted by Gasteiger charge is 2.63. The second kappa shape index (κ2) is 11.5. The summed E-state index contributed by atoms with van der Waals surface area (Å²) in [6.45, 7) is 5.17. The molecule has 0 aliphatic carbocycles. The number of ether oxygens (including phenoxy) is 3. The Bertz CT molecular complexity index is 521. The fraction of sp³-hybridized carbons (Fsp3) is 0.778. The van der Waals surface area contributed by atoms with Gasteiger partial charge >= 0.3 is 24.1 Å². The van der Waals surface area contributed by atoms with Crippen LogP contribution in [0.4, 0.5) is 4.79 Å². The summed E-state index contributed by atoms with van der Waals surface area (Å²) in [5, 5.41) is 19.2. The van der Waals surface area contributed by atoms with Gasteiger partial charge in [-0.25, -0.2) is 9.59 Å². The first-order chi connectivity index (χ1) is 12.7. The van der Waals surface area contributed by atoms with Crippen LogP contribution < -0.4 is 0 Å². The van der Waals surface area contributed by atoms with Crippen molar-refractivity contribution in [1.29, 1.82) is 0 Å². The summed E-state index contributed by atoms with van der Waals surface area (Å²) < 4.78 is 14.6. The maximum atomic E-state index is 13.0. The molecule has 0 aromatic carbocycles. The van der Waals surface area contributed by atoms with Gasteiger partial charge in [-0.1, -0.05) is 39.5 Å². The van der Waals surface area contributed by atoms with E-state index in [0.717, 1.165) is 7.11 Å². The predicted molar refractivity (Wildman–Crippen MR) is 94.2 cm³/mol. The lowest BCUT2D eigenvalue weighted by Crippen LogP contribution is -2.61. The second-order valence-corrected chi connectivity index (χ2v) is 6.27. The molecule has 0 saturated carbocycles. The van der Waals surface area contributed by atoms with E-state index < -0.39 is 41.5 Å². The molecule has 1 unspecified atom stereocenters. The van der Waals surface area contributed by atoms with Crippen LogP contribution in [0.25, 0.3) is 0 Å². The first kappa shape index (κ1) is 24.8. The zero-order valence-electron chi connectivity index (χ0n) is 16.4. The molecule has 0 amide bonds. The Morgan fingerprint density at radius 1 is 0.926 bits per heavy atom. The Morgan fingerprint density at radius 3 is 1.78 bits per heavy atom. The lowest BCUT2D eigenvalue weighted by atomic mass is 9.64. The van der Waals surface area contributed by atoms with Crippen LogP contribution in [0.3, 0.4) is 0 Å². The van der Waals surface area contributed by atoms with Crippen LogP contribution in [0.15, 0.2) is 0 Å². The number of rotatable bonds is 13. The Kier molecular flexibility index (Phi) is 10.6. The van der Waals surface area contributed by atoms with Crippen LogP contribution in [-0.4, -0.2) is 53.6 Å². The maximum absolute atomic E-state index is 13.0. The molecule has 0 aromatic heterocycles. The molecule has 0 aromatic rings. The van der Waals surface area contributed by atoms with E-state index in [1.54, 1.807) is 0 Å². The van der Waals surface area contributed by atoms with Crippen LogP contribution >= 0.6 is 0 Å². The van der Waals surface area contributed by atoms with Crippen molar-refractivity contribution in [3.05, 3.63) is 0 Å². The molecule has 9 nitrogen and oxygen atoms in total. The molecule has 156 valence electrons. The molecular formula is C18H30O9. The number of carbonyl (C=O) groups excluding carboxylic acids is 2. The largest absolute Gasteiger partial charge is 0.516 e. The molecule has 0 radical (unpaired) electrons. The van der Waals surface area contributed by atoms with E-state index in [0.29, 0.717) is 25.7 Å². The Hall–Kier alpha value is -2.16. The van der Waals surface area contributed by atoms with Crippen LogP contribution in [-0.2, 0) is 28.6 Å². The number of hydrogen-bond acceptors (Lipinski definition) is 7. The van der Waals surface area contributed by atoms with Gasteiger partial charge in [-0.05, 0) is 19.8 Å². The van der Waals surface area contributed by atoms with Gasteiger partial charge in [0.2, 0.25) is 0 Å². The number of hydrogen-bond donors (Lipinski definition) is 2. The second-order valence-electron chi connectivity index (χ2n) is 6.27. The zero-order valence-corrected chi connectivity index (χ0v) is 16.4. The molecule has 0 spiro atoms. The lowest BCUT2D eigenvalue weighted by Gasteiger charge is -2.44. The minimum atomic E-state index is -2.38. The third-order valence-corrected chi connectivity index (χ3v) is 4.61. The van der Waals surface area contributed by atoms with E-state index in [4.69, 9.17) is 9.47 Å². The highest BCUT2D eigenvalue weighted by atomic mass is 16.7. The number of methoxy groups -OCH3 is 1. The van der Waals surface area contributed by atoms with Crippen LogP contribution in [0.1, 0.15) is 65.7 Å². The molecule has 0 saturated heterocycles. The molecule has 0 heterocycles. The SMILES string of the molecule is CCCCC(CCCC)(C(=O)OC(=O)OCC)C(CC(=O)O)(OC)C(=O)O. The van der Waals surface area contributed by atoms with Gasteiger partial charge in [-0.15, -0.1) is 0 Å². The van der Waals surface area contributed by atoms with Crippen LogP contribution in [0, 0.1) is 5.41 Å². The average molecular weight is 390 g/mol. The highest BCUT2D eigenvalue weighted by Crippen LogP contribution is 2.47. The fourth-order valence-electron chi connectivity index (χ4n) is 3.19. The molecule has 0 bridgehead atoms. The van der Waals surface area contributed by atoms with Gasteiger partial charge in [0.15, 0.2) is 5.60 Å². The molecule has 0 rings (SSSR count). The van der Waals surface area contributed by atoms with Crippen LogP contribution in [0.2, 0.25) is 0 Å². The van der Waals surface area contributed by atoms with Gasteiger partial charge in [0.25, 0.3) is 0 Å². The zero-order chi connectivity index (χ0) is 21.1. The monoisotopic (exact) mass is 390 g/mol. The van der Waals surface area contributed by atoms with E-state index in [2.05, 4.69) is 4.74 Å². The molecule has 27 heavy (non-hydrogen) atoms. The van der Waals surface area contributed by atoms with Gasteiger partial charge < -0.3 is 24.4 Å². The van der Waals surface area contributed by atoms with Gasteiger partial charge in [0.05, 0.1) is 13.0 Å². The minimum absolute atomic E-state index is 0.00480. The summed E-state index contributed by atoms with van der Waals surface area (Å²) in [7, 11) is 1.04. The van der Waals surface area contributed by atoms with E-state index in [9.17, 15) is 29.4 Å². The summed E-state index contributed by atoms with van der Waals surface area (Å²) >= 11 is 0. The minimum Gasteiger partial charge on any atom is -0.481 e. The van der Waals surface area contributed by atoms with E-state index >= 15 is 0 Å². The van der Waals surface area contributed by atoms with E-state index in [1.807, 2.05) is 13.8 Å².